The van der Waals surface area contributed by atoms with Gasteiger partial charge in [0, 0.05) is 33.4 Å². The fourth-order valence-corrected chi connectivity index (χ4v) is 2.51. The van der Waals surface area contributed by atoms with E-state index in [-0.39, 0.29) is 29.7 Å². The van der Waals surface area contributed by atoms with Crippen molar-refractivity contribution in [1.29, 1.82) is 0 Å². The first-order chi connectivity index (χ1) is 9.73. The van der Waals surface area contributed by atoms with E-state index in [0.29, 0.717) is 29.1 Å². The van der Waals surface area contributed by atoms with Crippen molar-refractivity contribution in [3.63, 3.8) is 0 Å². The number of benzene rings is 1. The maximum atomic E-state index is 11.1. The number of nitrogens with one attached hydrogen (secondary N) is 1. The predicted molar refractivity (Wildman–Crippen MR) is 104 cm³/mol. The molecule has 0 atom stereocenters. The first-order valence-electron chi connectivity index (χ1n) is 6.26. The van der Waals surface area contributed by atoms with Crippen LogP contribution >= 0.6 is 47.2 Å². The van der Waals surface area contributed by atoms with Crippen LogP contribution < -0.4 is 5.32 Å². The van der Waals surface area contributed by atoms with E-state index in [2.05, 4.69) is 10.3 Å². The molecule has 0 spiro atoms. The molecule has 0 amide bonds. The molecule has 0 aliphatic heterocycles. The maximum absolute atomic E-state index is 11.1. The Kier molecular flexibility index (Phi) is 9.68. The minimum absolute atomic E-state index is 0. The molecular formula is C13H20Cl2IN3O2S. The van der Waals surface area contributed by atoms with Crippen LogP contribution in [0, 0.1) is 0 Å². The molecule has 0 aromatic heterocycles. The molecular weight excluding hydrogens is 460 g/mol. The van der Waals surface area contributed by atoms with Crippen molar-refractivity contribution in [3.8, 4) is 0 Å². The van der Waals surface area contributed by atoms with Gasteiger partial charge in [-0.2, -0.15) is 0 Å². The molecule has 22 heavy (non-hydrogen) atoms. The van der Waals surface area contributed by atoms with Gasteiger partial charge in [0.1, 0.15) is 9.84 Å². The molecule has 1 rings (SSSR count). The Bertz CT molecular complexity index is 624. The van der Waals surface area contributed by atoms with Gasteiger partial charge in [-0.15, -0.1) is 24.0 Å². The van der Waals surface area contributed by atoms with Crippen LogP contribution in [0.15, 0.2) is 23.2 Å². The van der Waals surface area contributed by atoms with Gasteiger partial charge in [-0.25, -0.2) is 8.42 Å². The van der Waals surface area contributed by atoms with Crippen LogP contribution in [-0.4, -0.2) is 51.9 Å². The fraction of sp³-hybridized carbons (Fsp3) is 0.462. The maximum Gasteiger partial charge on any atom is 0.193 e. The molecule has 5 nitrogen and oxygen atoms in total. The van der Waals surface area contributed by atoms with Crippen LogP contribution in [0.5, 0.6) is 0 Å². The van der Waals surface area contributed by atoms with Crippen LogP contribution in [0.3, 0.4) is 0 Å². The predicted octanol–water partition coefficient (Wildman–Crippen LogP) is 2.66. The highest BCUT2D eigenvalue weighted by Crippen LogP contribution is 2.23. The Labute approximate surface area is 159 Å². The summed E-state index contributed by atoms with van der Waals surface area (Å²) in [7, 11) is 0.515. The summed E-state index contributed by atoms with van der Waals surface area (Å²) in [6, 6.07) is 5.42. The summed E-state index contributed by atoms with van der Waals surface area (Å²) < 4.78 is 22.2. The molecule has 1 N–H and O–H groups in total. The summed E-state index contributed by atoms with van der Waals surface area (Å²) in [5.74, 6) is 0.678. The standard InChI is InChI=1S/C13H19Cl2N3O2S.HI/c1-16-13(17-6-7-21(3,19)20)18(2)9-10-4-5-11(14)12(15)8-10;/h4-5,8H,6-7,9H2,1-3H3,(H,16,17);1H. The van der Waals surface area contributed by atoms with Crippen molar-refractivity contribution in [1.82, 2.24) is 10.2 Å². The van der Waals surface area contributed by atoms with E-state index in [4.69, 9.17) is 23.2 Å². The van der Waals surface area contributed by atoms with Crippen LogP contribution in [0.2, 0.25) is 10.0 Å². The molecule has 0 bridgehead atoms. The Balaban J connectivity index is 0.00000441. The van der Waals surface area contributed by atoms with Gasteiger partial charge in [0.05, 0.1) is 15.8 Å². The van der Waals surface area contributed by atoms with Crippen molar-refractivity contribution in [3.05, 3.63) is 33.8 Å². The summed E-state index contributed by atoms with van der Waals surface area (Å²) >= 11 is 11.9. The van der Waals surface area contributed by atoms with Crippen molar-refractivity contribution in [2.45, 2.75) is 6.54 Å². The number of sulfone groups is 1. The third kappa shape index (κ3) is 7.85. The van der Waals surface area contributed by atoms with E-state index in [0.717, 1.165) is 5.56 Å². The lowest BCUT2D eigenvalue weighted by Gasteiger charge is -2.22. The largest absolute Gasteiger partial charge is 0.355 e. The summed E-state index contributed by atoms with van der Waals surface area (Å²) in [6.07, 6.45) is 1.21. The average molecular weight is 480 g/mol. The number of hydrogen-bond acceptors (Lipinski definition) is 3. The van der Waals surface area contributed by atoms with E-state index in [1.807, 2.05) is 18.0 Å². The number of guanidine groups is 1. The molecule has 1 aromatic carbocycles. The third-order valence-corrected chi connectivity index (χ3v) is 4.42. The first kappa shape index (κ1) is 21.8. The number of hydrogen-bond donors (Lipinski definition) is 1. The van der Waals surface area contributed by atoms with Gasteiger partial charge < -0.3 is 10.2 Å². The second-order valence-corrected chi connectivity index (χ2v) is 7.78. The minimum atomic E-state index is -2.99. The molecule has 0 radical (unpaired) electrons. The molecule has 0 aliphatic carbocycles. The minimum Gasteiger partial charge on any atom is -0.355 e. The van der Waals surface area contributed by atoms with Gasteiger partial charge in [-0.05, 0) is 17.7 Å². The van der Waals surface area contributed by atoms with Gasteiger partial charge in [0.15, 0.2) is 5.96 Å². The quantitative estimate of drug-likeness (QED) is 0.400. The van der Waals surface area contributed by atoms with Crippen LogP contribution in [0.4, 0.5) is 0 Å². The van der Waals surface area contributed by atoms with Crippen LogP contribution in [0.1, 0.15) is 5.56 Å². The number of nitrogens with zero attached hydrogens (tertiary/aromatic N) is 2. The van der Waals surface area contributed by atoms with Gasteiger partial charge >= 0.3 is 0 Å². The van der Waals surface area contributed by atoms with Crippen LogP contribution in [0.25, 0.3) is 0 Å². The van der Waals surface area contributed by atoms with Gasteiger partial charge in [0.2, 0.25) is 0 Å². The molecule has 0 saturated heterocycles. The van der Waals surface area contributed by atoms with E-state index >= 15 is 0 Å². The second-order valence-electron chi connectivity index (χ2n) is 4.71. The zero-order valence-corrected chi connectivity index (χ0v) is 17.3. The van der Waals surface area contributed by atoms with Crippen molar-refractivity contribution in [2.24, 2.45) is 4.99 Å². The van der Waals surface area contributed by atoms with Crippen molar-refractivity contribution < 1.29 is 8.42 Å². The van der Waals surface area contributed by atoms with Gasteiger partial charge in [0.25, 0.3) is 0 Å². The van der Waals surface area contributed by atoms with E-state index < -0.39 is 9.84 Å². The first-order valence-corrected chi connectivity index (χ1v) is 9.08. The highest BCUT2D eigenvalue weighted by Gasteiger charge is 2.09. The van der Waals surface area contributed by atoms with Crippen molar-refractivity contribution in [2.75, 3.05) is 32.6 Å². The Hall–Kier alpha value is -0.250. The SMILES string of the molecule is CN=C(NCCS(C)(=O)=O)N(C)Cc1ccc(Cl)c(Cl)c1.I. The molecule has 9 heteroatoms. The summed E-state index contributed by atoms with van der Waals surface area (Å²) in [6.45, 7) is 0.895. The highest BCUT2D eigenvalue weighted by atomic mass is 127. The van der Waals surface area contributed by atoms with E-state index in [1.54, 1.807) is 19.2 Å². The average Bonchev–Trinajstić information content (AvgIpc) is 2.37. The Morgan fingerprint density at radius 1 is 1.32 bits per heavy atom. The third-order valence-electron chi connectivity index (χ3n) is 2.73. The molecule has 0 fully saturated rings. The summed E-state index contributed by atoms with van der Waals surface area (Å²) in [5, 5.41) is 4.02. The lowest BCUT2D eigenvalue weighted by Crippen LogP contribution is -2.40. The Morgan fingerprint density at radius 3 is 2.45 bits per heavy atom. The van der Waals surface area contributed by atoms with Crippen molar-refractivity contribution >= 4 is 63.0 Å². The zero-order valence-electron chi connectivity index (χ0n) is 12.6. The normalized spacial score (nSPS) is 11.8. The van der Waals surface area contributed by atoms with Gasteiger partial charge in [-0.3, -0.25) is 4.99 Å². The molecule has 0 aliphatic rings. The fourth-order valence-electron chi connectivity index (χ4n) is 1.72. The zero-order chi connectivity index (χ0) is 16.0. The second kappa shape index (κ2) is 9.79. The molecule has 126 valence electrons. The Morgan fingerprint density at radius 2 is 1.95 bits per heavy atom. The lowest BCUT2D eigenvalue weighted by molar-refractivity contribution is 0.479. The molecule has 0 saturated carbocycles. The van der Waals surface area contributed by atoms with Gasteiger partial charge in [-0.1, -0.05) is 29.3 Å². The number of rotatable bonds is 5. The monoisotopic (exact) mass is 479 g/mol. The summed E-state index contributed by atoms with van der Waals surface area (Å²) in [5.41, 5.74) is 0.984. The van der Waals surface area contributed by atoms with Crippen LogP contribution in [-0.2, 0) is 16.4 Å². The smallest absolute Gasteiger partial charge is 0.193 e. The molecule has 1 aromatic rings. The molecule has 0 heterocycles. The van der Waals surface area contributed by atoms with E-state index in [9.17, 15) is 8.42 Å². The topological polar surface area (TPSA) is 61.8 Å². The summed E-state index contributed by atoms with van der Waals surface area (Å²) in [4.78, 5) is 6.00. The van der Waals surface area contributed by atoms with E-state index in [1.165, 1.54) is 6.26 Å². The number of aliphatic imine (C=N–C) groups is 1. The lowest BCUT2D eigenvalue weighted by atomic mass is 10.2. The number of halogens is 3. The molecule has 0 unspecified atom stereocenters. The highest BCUT2D eigenvalue weighted by molar-refractivity contribution is 14.0.